The zero-order valence-electron chi connectivity index (χ0n) is 19.7. The fraction of sp³-hybridized carbons (Fsp3) is 0.269. The van der Waals surface area contributed by atoms with Gasteiger partial charge in [-0.15, -0.1) is 11.3 Å². The Morgan fingerprint density at radius 1 is 1.27 bits per heavy atom. The fourth-order valence-electron chi connectivity index (χ4n) is 3.70. The van der Waals surface area contributed by atoms with Crippen LogP contribution in [0.25, 0.3) is 17.3 Å². The summed E-state index contributed by atoms with van der Waals surface area (Å²) in [5.41, 5.74) is 1.48. The van der Waals surface area contributed by atoms with Gasteiger partial charge in [0.05, 0.1) is 29.5 Å². The molecule has 0 atom stereocenters. The van der Waals surface area contributed by atoms with E-state index in [1.807, 2.05) is 0 Å². The van der Waals surface area contributed by atoms with E-state index in [1.54, 1.807) is 23.6 Å². The highest BCUT2D eigenvalue weighted by atomic mass is 35.5. The largest absolute Gasteiger partial charge is 0.490 e. The van der Waals surface area contributed by atoms with Crippen LogP contribution < -0.4 is 5.32 Å². The molecule has 1 fully saturated rings. The number of benzene rings is 2. The third-order valence-corrected chi connectivity index (χ3v) is 7.35. The van der Waals surface area contributed by atoms with Gasteiger partial charge in [-0.3, -0.25) is 10.1 Å². The van der Waals surface area contributed by atoms with Gasteiger partial charge in [0.15, 0.2) is 5.13 Å². The highest BCUT2D eigenvalue weighted by Gasteiger charge is 2.19. The number of nitrogens with zero attached hydrogens (tertiary/aromatic N) is 1. The second-order valence-electron chi connectivity index (χ2n) is 8.45. The number of ether oxygens (including phenoxy) is 2. The topological polar surface area (TPSA) is 97.8 Å². The first-order valence-corrected chi connectivity index (χ1v) is 13.0. The molecule has 194 valence electrons. The molecule has 0 unspecified atom stereocenters. The van der Waals surface area contributed by atoms with Crippen LogP contribution in [0.5, 0.6) is 0 Å². The van der Waals surface area contributed by atoms with Crippen molar-refractivity contribution in [3.05, 3.63) is 74.0 Å². The Kier molecular flexibility index (Phi) is 8.81. The smallest absolute Gasteiger partial charge is 0.371 e. The minimum Gasteiger partial charge on any atom is -0.490 e. The maximum Gasteiger partial charge on any atom is 0.371 e. The van der Waals surface area contributed by atoms with Gasteiger partial charge in [-0.05, 0) is 43.0 Å². The van der Waals surface area contributed by atoms with E-state index in [0.717, 1.165) is 24.2 Å². The zero-order valence-corrected chi connectivity index (χ0v) is 22.1. The molecule has 1 heterocycles. The second-order valence-corrected chi connectivity index (χ2v) is 10.1. The van der Waals surface area contributed by atoms with Crippen LogP contribution in [0.2, 0.25) is 10.0 Å². The van der Waals surface area contributed by atoms with Crippen molar-refractivity contribution in [2.45, 2.75) is 25.9 Å². The normalized spacial score (nSPS) is 13.8. The van der Waals surface area contributed by atoms with Gasteiger partial charge in [-0.1, -0.05) is 41.8 Å². The van der Waals surface area contributed by atoms with Gasteiger partial charge in [0, 0.05) is 34.2 Å². The number of rotatable bonds is 10. The monoisotopic (exact) mass is 564 g/mol. The summed E-state index contributed by atoms with van der Waals surface area (Å²) in [4.78, 5) is 28.3. The first-order chi connectivity index (χ1) is 17.8. The molecule has 2 aromatic carbocycles. The molecule has 11 heteroatoms. The quantitative estimate of drug-likeness (QED) is 0.205. The molecule has 0 spiro atoms. The highest BCUT2D eigenvalue weighted by Crippen LogP contribution is 2.32. The van der Waals surface area contributed by atoms with E-state index < -0.39 is 17.7 Å². The number of methoxy groups -OCH3 is 1. The summed E-state index contributed by atoms with van der Waals surface area (Å²) in [6.07, 6.45) is 4.72. The molecule has 1 aliphatic rings. The zero-order chi connectivity index (χ0) is 26.5. The molecule has 37 heavy (non-hydrogen) atoms. The third kappa shape index (κ3) is 6.48. The lowest BCUT2D eigenvalue weighted by Crippen LogP contribution is -2.17. The predicted molar refractivity (Wildman–Crippen MR) is 142 cm³/mol. The summed E-state index contributed by atoms with van der Waals surface area (Å²) in [5.74, 6) is -2.03. The van der Waals surface area contributed by atoms with Crippen molar-refractivity contribution in [2.24, 2.45) is 5.92 Å². The molecule has 1 amide bonds. The van der Waals surface area contributed by atoms with Crippen molar-refractivity contribution < 1.29 is 28.6 Å². The number of carboxylic acid groups (broad SMARTS) is 1. The summed E-state index contributed by atoms with van der Waals surface area (Å²) in [6, 6.07) is 7.77. The Bertz CT molecular complexity index is 1330. The first kappa shape index (κ1) is 27.1. The number of hydrogen-bond acceptors (Lipinski definition) is 6. The van der Waals surface area contributed by atoms with E-state index in [0.29, 0.717) is 29.3 Å². The van der Waals surface area contributed by atoms with Crippen molar-refractivity contribution in [1.29, 1.82) is 0 Å². The van der Waals surface area contributed by atoms with Crippen LogP contribution in [0.1, 0.15) is 40.7 Å². The van der Waals surface area contributed by atoms with Crippen LogP contribution in [0.15, 0.2) is 41.5 Å². The van der Waals surface area contributed by atoms with Gasteiger partial charge in [-0.25, -0.2) is 14.2 Å². The number of thiazole rings is 1. The summed E-state index contributed by atoms with van der Waals surface area (Å²) >= 11 is 13.6. The van der Waals surface area contributed by atoms with Gasteiger partial charge < -0.3 is 14.6 Å². The van der Waals surface area contributed by atoms with Crippen LogP contribution >= 0.6 is 34.5 Å². The first-order valence-electron chi connectivity index (χ1n) is 11.4. The molecule has 0 aliphatic heterocycles. The minimum absolute atomic E-state index is 0.0618. The van der Waals surface area contributed by atoms with E-state index in [2.05, 4.69) is 10.3 Å². The van der Waals surface area contributed by atoms with E-state index >= 15 is 4.39 Å². The van der Waals surface area contributed by atoms with Gasteiger partial charge in [0.2, 0.25) is 5.76 Å². The molecule has 1 saturated carbocycles. The minimum atomic E-state index is -1.29. The van der Waals surface area contributed by atoms with Crippen LogP contribution in [-0.2, 0) is 20.9 Å². The molecule has 3 aromatic rings. The van der Waals surface area contributed by atoms with Crippen molar-refractivity contribution in [3.63, 3.8) is 0 Å². The Balaban J connectivity index is 1.46. The lowest BCUT2D eigenvalue weighted by atomic mass is 9.86. The number of anilines is 1. The van der Waals surface area contributed by atoms with Crippen LogP contribution in [0, 0.1) is 11.7 Å². The van der Waals surface area contributed by atoms with E-state index in [9.17, 15) is 9.59 Å². The maximum atomic E-state index is 15.1. The van der Waals surface area contributed by atoms with Crippen LogP contribution in [-0.4, -0.2) is 35.7 Å². The van der Waals surface area contributed by atoms with Crippen molar-refractivity contribution >= 4 is 57.6 Å². The lowest BCUT2D eigenvalue weighted by Gasteiger charge is -2.24. The van der Waals surface area contributed by atoms with Crippen molar-refractivity contribution in [3.8, 4) is 11.3 Å². The summed E-state index contributed by atoms with van der Waals surface area (Å²) < 4.78 is 25.6. The molecule has 0 bridgehead atoms. The second kappa shape index (κ2) is 12.0. The van der Waals surface area contributed by atoms with E-state index in [-0.39, 0.29) is 38.7 Å². The number of nitrogens with one attached hydrogen (secondary N) is 1. The standard InChI is InChI=1S/C26H23Cl2FN2O5S/c1-35-22(25(33)34)10-18-19(27)8-16(9-20(18)28)24(32)31-26-30-21(13-37-26)17-7-3-6-15(23(17)29)12-36-11-14-4-2-5-14/h3,6-10,13-14H,2,4-5,11-12H2,1H3,(H,33,34)(H,30,31,32). The molecule has 4 rings (SSSR count). The van der Waals surface area contributed by atoms with Crippen LogP contribution in [0.3, 0.4) is 0 Å². The van der Waals surface area contributed by atoms with E-state index in [1.165, 1.54) is 31.7 Å². The van der Waals surface area contributed by atoms with E-state index in [4.69, 9.17) is 37.8 Å². The maximum absolute atomic E-state index is 15.1. The molecule has 2 N–H and O–H groups in total. The Labute approximate surface area is 226 Å². The number of carboxylic acids is 1. The van der Waals surface area contributed by atoms with Crippen molar-refractivity contribution in [2.75, 3.05) is 19.0 Å². The molecule has 7 nitrogen and oxygen atoms in total. The number of carbonyl (C=O) groups is 2. The molecule has 1 aromatic heterocycles. The Morgan fingerprint density at radius 2 is 2.00 bits per heavy atom. The lowest BCUT2D eigenvalue weighted by molar-refractivity contribution is -0.135. The number of carbonyl (C=O) groups excluding carboxylic acids is 1. The van der Waals surface area contributed by atoms with Crippen LogP contribution in [0.4, 0.5) is 9.52 Å². The molecule has 0 saturated heterocycles. The third-order valence-electron chi connectivity index (χ3n) is 5.96. The van der Waals surface area contributed by atoms with Gasteiger partial charge in [0.25, 0.3) is 5.91 Å². The average Bonchev–Trinajstić information content (AvgIpc) is 3.29. The Morgan fingerprint density at radius 3 is 2.62 bits per heavy atom. The SMILES string of the molecule is COC(=Cc1c(Cl)cc(C(=O)Nc2nc(-c3cccc(COCC4CCC4)c3F)cs2)cc1Cl)C(=O)O. The number of aromatic nitrogens is 1. The summed E-state index contributed by atoms with van der Waals surface area (Å²) in [7, 11) is 1.21. The van der Waals surface area contributed by atoms with Gasteiger partial charge in [0.1, 0.15) is 5.82 Å². The molecule has 1 aliphatic carbocycles. The Hall–Kier alpha value is -2.98. The number of halogens is 3. The highest BCUT2D eigenvalue weighted by molar-refractivity contribution is 7.14. The van der Waals surface area contributed by atoms with Crippen molar-refractivity contribution in [1.82, 2.24) is 4.98 Å². The molecular weight excluding hydrogens is 542 g/mol. The predicted octanol–water partition coefficient (Wildman–Crippen LogP) is 6.90. The summed E-state index contributed by atoms with van der Waals surface area (Å²) in [6.45, 7) is 0.823. The average molecular weight is 565 g/mol. The molecule has 0 radical (unpaired) electrons. The number of amides is 1. The molecular formula is C26H23Cl2FN2O5S. The summed E-state index contributed by atoms with van der Waals surface area (Å²) in [5, 5.41) is 13.8. The van der Waals surface area contributed by atoms with Gasteiger partial charge in [-0.2, -0.15) is 0 Å². The number of hydrogen-bond donors (Lipinski definition) is 2. The number of aliphatic carboxylic acids is 1. The fourth-order valence-corrected chi connectivity index (χ4v) is 5.00. The van der Waals surface area contributed by atoms with Gasteiger partial charge >= 0.3 is 5.97 Å².